The molecule has 2 amide bonds. The maximum Gasteiger partial charge on any atom is 0.307 e. The fourth-order valence-electron chi connectivity index (χ4n) is 5.22. The van der Waals surface area contributed by atoms with E-state index in [0.717, 1.165) is 18.5 Å². The van der Waals surface area contributed by atoms with E-state index in [1.165, 1.54) is 18.7 Å². The molecule has 0 saturated carbocycles. The molecule has 0 bridgehead atoms. The molecular weight excluding hydrogens is 604 g/mol. The van der Waals surface area contributed by atoms with Crippen molar-refractivity contribution in [2.24, 2.45) is 10.3 Å². The number of hydrogen-bond donors (Lipinski definition) is 2. The number of aromatic nitrogens is 1. The minimum Gasteiger partial charge on any atom is -0.481 e. The van der Waals surface area contributed by atoms with E-state index in [2.05, 4.69) is 31.4 Å². The highest BCUT2D eigenvalue weighted by molar-refractivity contribution is 7.94. The number of amides is 2. The van der Waals surface area contributed by atoms with Gasteiger partial charge in [0.15, 0.2) is 5.76 Å². The lowest BCUT2D eigenvalue weighted by molar-refractivity contribution is -0.143. The third-order valence-electron chi connectivity index (χ3n) is 7.62. The summed E-state index contributed by atoms with van der Waals surface area (Å²) >= 11 is 0. The van der Waals surface area contributed by atoms with Gasteiger partial charge >= 0.3 is 5.97 Å². The minimum absolute atomic E-state index is 0.149. The average Bonchev–Trinajstić information content (AvgIpc) is 3.50. The highest BCUT2D eigenvalue weighted by Gasteiger charge is 2.25. The first-order chi connectivity index (χ1) is 22.2. The van der Waals surface area contributed by atoms with Crippen LogP contribution in [0.15, 0.2) is 99.1 Å². The Hall–Kier alpha value is -5.05. The van der Waals surface area contributed by atoms with Gasteiger partial charge in [0.2, 0.25) is 0 Å². The Kier molecular flexibility index (Phi) is 10.4. The number of likely N-dealkylation sites (tertiary alicyclic amines) is 1. The normalized spacial score (nSPS) is 16.0. The largest absolute Gasteiger partial charge is 0.481 e. The third kappa shape index (κ3) is 8.35. The van der Waals surface area contributed by atoms with Crippen LogP contribution in [0.2, 0.25) is 0 Å². The second-order valence-electron chi connectivity index (χ2n) is 11.1. The molecule has 2 aromatic carbocycles. The van der Waals surface area contributed by atoms with Gasteiger partial charge < -0.3 is 19.7 Å². The van der Waals surface area contributed by atoms with Crippen molar-refractivity contribution in [1.29, 1.82) is 0 Å². The van der Waals surface area contributed by atoms with Crippen molar-refractivity contribution in [2.45, 2.75) is 31.1 Å². The summed E-state index contributed by atoms with van der Waals surface area (Å²) in [6.07, 6.45) is 6.29. The first-order valence-electron chi connectivity index (χ1n) is 14.9. The van der Waals surface area contributed by atoms with Crippen LogP contribution < -0.4 is 5.32 Å². The van der Waals surface area contributed by atoms with Gasteiger partial charge in [0.05, 0.1) is 27.5 Å². The first kappa shape index (κ1) is 32.3. The van der Waals surface area contributed by atoms with Crippen molar-refractivity contribution in [3.05, 3.63) is 113 Å². The molecule has 3 heterocycles. The molecule has 4 aromatic rings. The Labute approximate surface area is 268 Å². The summed E-state index contributed by atoms with van der Waals surface area (Å²) in [7, 11) is -3.12. The van der Waals surface area contributed by atoms with Gasteiger partial charge in [-0.25, -0.2) is 4.21 Å². The molecule has 10 nitrogen and oxygen atoms in total. The van der Waals surface area contributed by atoms with Gasteiger partial charge in [-0.05, 0) is 81.7 Å². The zero-order valence-corrected chi connectivity index (χ0v) is 26.2. The molecule has 0 spiro atoms. The number of anilines is 1. The number of carboxylic acid groups (broad SMARTS) is 1. The van der Waals surface area contributed by atoms with Gasteiger partial charge in [0.1, 0.15) is 0 Å². The van der Waals surface area contributed by atoms with Gasteiger partial charge in [0.25, 0.3) is 11.8 Å². The second kappa shape index (κ2) is 14.8. The monoisotopic (exact) mass is 638 g/mol. The van der Waals surface area contributed by atoms with Crippen molar-refractivity contribution < 1.29 is 28.1 Å². The number of pyridine rings is 1. The van der Waals surface area contributed by atoms with E-state index in [1.54, 1.807) is 73.7 Å². The average molecular weight is 639 g/mol. The van der Waals surface area contributed by atoms with Crippen molar-refractivity contribution in [3.8, 4) is 11.8 Å². The van der Waals surface area contributed by atoms with E-state index >= 15 is 0 Å². The van der Waals surface area contributed by atoms with Gasteiger partial charge in [0, 0.05) is 52.0 Å². The summed E-state index contributed by atoms with van der Waals surface area (Å²) < 4.78 is 23.7. The lowest BCUT2D eigenvalue weighted by atomic mass is 9.98. The Morgan fingerprint density at radius 2 is 1.87 bits per heavy atom. The van der Waals surface area contributed by atoms with Crippen molar-refractivity contribution >= 4 is 33.2 Å². The van der Waals surface area contributed by atoms with Crippen molar-refractivity contribution in [1.82, 2.24) is 9.88 Å². The number of furan rings is 1. The molecule has 1 aliphatic heterocycles. The van der Waals surface area contributed by atoms with Gasteiger partial charge in [-0.15, -0.1) is 0 Å². The third-order valence-corrected chi connectivity index (χ3v) is 9.93. The summed E-state index contributed by atoms with van der Waals surface area (Å²) in [4.78, 5) is 44.0. The molecule has 236 valence electrons. The van der Waals surface area contributed by atoms with E-state index in [9.17, 15) is 23.7 Å². The Morgan fingerprint density at radius 1 is 1.07 bits per heavy atom. The number of rotatable bonds is 9. The summed E-state index contributed by atoms with van der Waals surface area (Å²) in [6.45, 7) is 3.60. The fraction of sp³-hybridized carbons (Fsp3) is 0.257. The standard InChI is InChI=1S/C35H34N4O6S/c1-25-15-18-45-32(25)34(41)37-30-10-5-8-26(21-30)13-14-27-20-29(23-36-22-27)33(40)38-46(44,31-11-3-2-4-12-31)19-7-17-39-16-6-9-28(24-39)35(42)43/h2-5,8,10-12,15,18,20-23,28H,6-7,9,16-17,19,24H2,1H3,(H,37,41)(H,42,43)/t28?,46-/m0/s1. The van der Waals surface area contributed by atoms with E-state index in [4.69, 9.17) is 4.42 Å². The molecule has 5 rings (SSSR count). The molecule has 11 heteroatoms. The number of aryl methyl sites for hydroxylation is 1. The predicted octanol–water partition coefficient (Wildman–Crippen LogP) is 5.49. The predicted molar refractivity (Wildman–Crippen MR) is 174 cm³/mol. The van der Waals surface area contributed by atoms with E-state index in [0.29, 0.717) is 47.6 Å². The highest BCUT2D eigenvalue weighted by atomic mass is 32.2. The van der Waals surface area contributed by atoms with Crippen LogP contribution >= 0.6 is 0 Å². The van der Waals surface area contributed by atoms with Crippen LogP contribution in [0.1, 0.15) is 56.9 Å². The molecule has 46 heavy (non-hydrogen) atoms. The molecule has 1 aliphatic rings. The van der Waals surface area contributed by atoms with Crippen LogP contribution in [0.25, 0.3) is 0 Å². The van der Waals surface area contributed by atoms with E-state index in [1.807, 2.05) is 0 Å². The quantitative estimate of drug-likeness (QED) is 0.229. The van der Waals surface area contributed by atoms with E-state index < -0.39 is 27.5 Å². The zero-order valence-electron chi connectivity index (χ0n) is 25.3. The zero-order chi connectivity index (χ0) is 32.5. The molecule has 2 N–H and O–H groups in total. The first-order valence-corrected chi connectivity index (χ1v) is 16.6. The summed E-state index contributed by atoms with van der Waals surface area (Å²) in [5.74, 6) is 4.19. The van der Waals surface area contributed by atoms with Crippen LogP contribution in [0, 0.1) is 24.7 Å². The Morgan fingerprint density at radius 3 is 2.63 bits per heavy atom. The number of aliphatic carboxylic acids is 1. The number of nitrogens with zero attached hydrogens (tertiary/aromatic N) is 3. The molecule has 1 unspecified atom stereocenters. The fourth-order valence-corrected chi connectivity index (χ4v) is 7.13. The molecule has 0 radical (unpaired) electrons. The van der Waals surface area contributed by atoms with Crippen LogP contribution in [0.5, 0.6) is 0 Å². The lowest BCUT2D eigenvalue weighted by Gasteiger charge is -2.30. The molecule has 1 fully saturated rings. The van der Waals surface area contributed by atoms with Crippen molar-refractivity contribution in [2.75, 3.05) is 30.7 Å². The van der Waals surface area contributed by atoms with Gasteiger partial charge in [-0.1, -0.05) is 36.1 Å². The number of piperidine rings is 1. The van der Waals surface area contributed by atoms with Crippen LogP contribution in [0.4, 0.5) is 5.69 Å². The van der Waals surface area contributed by atoms with Gasteiger partial charge in [-0.2, -0.15) is 4.36 Å². The number of carbonyl (C=O) groups is 3. The van der Waals surface area contributed by atoms with Gasteiger partial charge in [-0.3, -0.25) is 19.4 Å². The molecule has 2 atom stereocenters. The number of hydrogen-bond acceptors (Lipinski definition) is 7. The van der Waals surface area contributed by atoms with Crippen LogP contribution in [-0.2, 0) is 14.5 Å². The SMILES string of the molecule is Cc1ccoc1C(=O)Nc1cccc(C#Cc2cncc(C(=O)N=[S@](=O)(CCCN3CCCC(C(=O)O)C3)c3ccccc3)c2)c1. The lowest BCUT2D eigenvalue weighted by Crippen LogP contribution is -2.39. The van der Waals surface area contributed by atoms with Crippen molar-refractivity contribution in [3.63, 3.8) is 0 Å². The Bertz CT molecular complexity index is 1920. The number of benzene rings is 2. The maximum atomic E-state index is 14.2. The summed E-state index contributed by atoms with van der Waals surface area (Å²) in [5.41, 5.74) is 2.53. The number of nitrogens with one attached hydrogen (secondary N) is 1. The molecule has 0 aliphatic carbocycles. The molecule has 1 saturated heterocycles. The molecule has 2 aromatic heterocycles. The Balaban J connectivity index is 1.30. The topological polar surface area (TPSA) is 142 Å². The maximum absolute atomic E-state index is 14.2. The summed E-state index contributed by atoms with van der Waals surface area (Å²) in [5, 5.41) is 12.2. The van der Waals surface area contributed by atoms with Crippen LogP contribution in [0.3, 0.4) is 0 Å². The highest BCUT2D eigenvalue weighted by Crippen LogP contribution is 2.20. The smallest absolute Gasteiger partial charge is 0.307 e. The summed E-state index contributed by atoms with van der Waals surface area (Å²) in [6, 6.07) is 19.0. The van der Waals surface area contributed by atoms with E-state index in [-0.39, 0.29) is 23.0 Å². The second-order valence-corrected chi connectivity index (χ2v) is 13.4. The molecular formula is C35H34N4O6S. The number of carbonyl (C=O) groups excluding carboxylic acids is 2. The number of carboxylic acids is 1. The minimum atomic E-state index is -3.12. The van der Waals surface area contributed by atoms with Crippen LogP contribution in [-0.4, -0.2) is 62.4 Å².